The number of piperidine rings is 1. The van der Waals surface area contributed by atoms with Crippen molar-refractivity contribution in [2.75, 3.05) is 63.3 Å². The summed E-state index contributed by atoms with van der Waals surface area (Å²) in [6, 6.07) is 18.9. The van der Waals surface area contributed by atoms with E-state index >= 15 is 0 Å². The van der Waals surface area contributed by atoms with Crippen LogP contribution in [-0.2, 0) is 16.0 Å². The number of aromatic nitrogens is 1. The van der Waals surface area contributed by atoms with Crippen molar-refractivity contribution in [2.45, 2.75) is 26.3 Å². The van der Waals surface area contributed by atoms with Gasteiger partial charge in [-0.3, -0.25) is 9.69 Å². The van der Waals surface area contributed by atoms with Crippen LogP contribution in [0, 0.1) is 5.41 Å². The van der Waals surface area contributed by atoms with Crippen LogP contribution in [0.4, 0.5) is 11.5 Å². The van der Waals surface area contributed by atoms with Gasteiger partial charge < -0.3 is 14.5 Å². The van der Waals surface area contributed by atoms with E-state index in [9.17, 15) is 4.79 Å². The van der Waals surface area contributed by atoms with Gasteiger partial charge in [-0.05, 0) is 53.8 Å². The summed E-state index contributed by atoms with van der Waals surface area (Å²) in [5.74, 6) is 1.14. The average molecular weight is 531 g/mol. The van der Waals surface area contributed by atoms with Crippen LogP contribution < -0.4 is 9.80 Å². The van der Waals surface area contributed by atoms with Gasteiger partial charge in [-0.1, -0.05) is 38.1 Å². The van der Waals surface area contributed by atoms with Crippen molar-refractivity contribution < 1.29 is 9.53 Å². The zero-order valence-electron chi connectivity index (χ0n) is 22.9. The van der Waals surface area contributed by atoms with Crippen molar-refractivity contribution in [3.8, 4) is 0 Å². The minimum Gasteiger partial charge on any atom is -0.378 e. The van der Waals surface area contributed by atoms with Gasteiger partial charge in [-0.2, -0.15) is 0 Å². The Kier molecular flexibility index (Phi) is 7.98. The SMILES string of the molecule is CN(C)c1ccc(C2/C(=C/c3cccc(N4CCOCC4)n3)C(=O)C(C)(C)CN2CCc2cccs2)cc1. The minimum atomic E-state index is -0.483. The maximum atomic E-state index is 14.0. The van der Waals surface area contributed by atoms with Crippen LogP contribution in [0.25, 0.3) is 6.08 Å². The number of anilines is 2. The van der Waals surface area contributed by atoms with E-state index in [4.69, 9.17) is 9.72 Å². The molecule has 5 rings (SSSR count). The zero-order valence-corrected chi connectivity index (χ0v) is 23.7. The second-order valence-corrected chi connectivity index (χ2v) is 12.1. The summed E-state index contributed by atoms with van der Waals surface area (Å²) < 4.78 is 5.52. The Labute approximate surface area is 230 Å². The van der Waals surface area contributed by atoms with Crippen molar-refractivity contribution in [1.82, 2.24) is 9.88 Å². The van der Waals surface area contributed by atoms with Gasteiger partial charge in [0.1, 0.15) is 5.82 Å². The summed E-state index contributed by atoms with van der Waals surface area (Å²) in [6.07, 6.45) is 3.00. The van der Waals surface area contributed by atoms with Crippen LogP contribution >= 0.6 is 11.3 Å². The molecule has 4 heterocycles. The lowest BCUT2D eigenvalue weighted by atomic mass is 9.74. The number of hydrogen-bond donors (Lipinski definition) is 0. The Balaban J connectivity index is 1.55. The number of pyridine rings is 1. The Bertz CT molecular complexity index is 1260. The molecule has 0 radical (unpaired) electrons. The van der Waals surface area contributed by atoms with E-state index in [1.54, 1.807) is 11.3 Å². The summed E-state index contributed by atoms with van der Waals surface area (Å²) in [7, 11) is 4.10. The van der Waals surface area contributed by atoms with E-state index in [2.05, 4.69) is 70.3 Å². The number of rotatable bonds is 7. The highest BCUT2D eigenvalue weighted by atomic mass is 32.1. The molecule has 0 amide bonds. The minimum absolute atomic E-state index is 0.124. The first-order chi connectivity index (χ1) is 18.3. The summed E-state index contributed by atoms with van der Waals surface area (Å²) in [6.45, 7) is 8.83. The molecule has 2 aromatic heterocycles. The Hall–Kier alpha value is -3.00. The van der Waals surface area contributed by atoms with E-state index in [0.29, 0.717) is 13.2 Å². The number of nitrogens with zero attached hydrogens (tertiary/aromatic N) is 4. The van der Waals surface area contributed by atoms with Crippen LogP contribution in [0.1, 0.15) is 36.0 Å². The second-order valence-electron chi connectivity index (χ2n) is 11.0. The molecule has 6 nitrogen and oxygen atoms in total. The summed E-state index contributed by atoms with van der Waals surface area (Å²) in [5, 5.41) is 2.13. The maximum Gasteiger partial charge on any atom is 0.167 e. The first-order valence-electron chi connectivity index (χ1n) is 13.4. The van der Waals surface area contributed by atoms with Gasteiger partial charge in [0.15, 0.2) is 5.78 Å². The molecule has 2 fully saturated rings. The molecular formula is C31H38N4O2S. The highest BCUT2D eigenvalue weighted by molar-refractivity contribution is 7.09. The third-order valence-corrected chi connectivity index (χ3v) is 8.42. The number of thiophene rings is 1. The molecule has 0 spiro atoms. The van der Waals surface area contributed by atoms with E-state index in [1.165, 1.54) is 4.88 Å². The molecule has 1 unspecified atom stereocenters. The van der Waals surface area contributed by atoms with Gasteiger partial charge in [0.25, 0.3) is 0 Å². The fraction of sp³-hybridized carbons (Fsp3) is 0.419. The number of carbonyl (C=O) groups excluding carboxylic acids is 1. The lowest BCUT2D eigenvalue weighted by Gasteiger charge is -2.44. The topological polar surface area (TPSA) is 48.9 Å². The summed E-state index contributed by atoms with van der Waals surface area (Å²) >= 11 is 1.80. The predicted octanol–water partition coefficient (Wildman–Crippen LogP) is 5.32. The number of carbonyl (C=O) groups is 1. The first-order valence-corrected chi connectivity index (χ1v) is 14.3. The van der Waals surface area contributed by atoms with E-state index < -0.39 is 5.41 Å². The lowest BCUT2D eigenvalue weighted by Crippen LogP contribution is -2.49. The molecule has 2 saturated heterocycles. The van der Waals surface area contributed by atoms with Crippen molar-refractivity contribution in [3.63, 3.8) is 0 Å². The molecule has 2 aliphatic heterocycles. The largest absolute Gasteiger partial charge is 0.378 e. The predicted molar refractivity (Wildman–Crippen MR) is 157 cm³/mol. The second kappa shape index (κ2) is 11.4. The van der Waals surface area contributed by atoms with Crippen LogP contribution in [0.3, 0.4) is 0 Å². The smallest absolute Gasteiger partial charge is 0.167 e. The molecule has 0 N–H and O–H groups in total. The van der Waals surface area contributed by atoms with E-state index in [1.807, 2.05) is 38.4 Å². The molecule has 0 bridgehead atoms. The van der Waals surface area contributed by atoms with Gasteiger partial charge in [0.05, 0.1) is 24.9 Å². The first kappa shape index (κ1) is 26.6. The molecule has 0 aliphatic carbocycles. The highest BCUT2D eigenvalue weighted by Crippen LogP contribution is 2.42. The number of ether oxygens (including phenoxy) is 1. The Morgan fingerprint density at radius 3 is 2.53 bits per heavy atom. The number of morpholine rings is 1. The quantitative estimate of drug-likeness (QED) is 0.385. The summed E-state index contributed by atoms with van der Waals surface area (Å²) in [5.41, 5.74) is 3.44. The number of hydrogen-bond acceptors (Lipinski definition) is 7. The average Bonchev–Trinajstić information content (AvgIpc) is 3.45. The zero-order chi connectivity index (χ0) is 26.7. The van der Waals surface area contributed by atoms with Gasteiger partial charge in [0, 0.05) is 61.8 Å². The molecule has 2 aliphatic rings. The third kappa shape index (κ3) is 5.85. The molecule has 38 heavy (non-hydrogen) atoms. The van der Waals surface area contributed by atoms with Gasteiger partial charge in [-0.25, -0.2) is 4.98 Å². The van der Waals surface area contributed by atoms with Crippen LogP contribution in [-0.4, -0.2) is 69.2 Å². The number of ketones is 1. The van der Waals surface area contributed by atoms with Crippen molar-refractivity contribution in [3.05, 3.63) is 81.7 Å². The number of benzene rings is 1. The highest BCUT2D eigenvalue weighted by Gasteiger charge is 2.43. The Morgan fingerprint density at radius 1 is 1.08 bits per heavy atom. The molecule has 200 valence electrons. The number of likely N-dealkylation sites (tertiary alicyclic amines) is 1. The molecule has 0 saturated carbocycles. The van der Waals surface area contributed by atoms with Gasteiger partial charge >= 0.3 is 0 Å². The van der Waals surface area contributed by atoms with E-state index in [0.717, 1.165) is 60.9 Å². The molecule has 1 aromatic carbocycles. The molecule has 1 atom stereocenters. The van der Waals surface area contributed by atoms with Crippen molar-refractivity contribution in [2.24, 2.45) is 5.41 Å². The molecule has 7 heteroatoms. The fourth-order valence-electron chi connectivity index (χ4n) is 5.44. The maximum absolute atomic E-state index is 14.0. The van der Waals surface area contributed by atoms with Crippen LogP contribution in [0.2, 0.25) is 0 Å². The van der Waals surface area contributed by atoms with Crippen LogP contribution in [0.15, 0.2) is 65.6 Å². The number of Topliss-reactive ketones (excluding diaryl/α,β-unsaturated/α-hetero) is 1. The Morgan fingerprint density at radius 2 is 1.84 bits per heavy atom. The van der Waals surface area contributed by atoms with Gasteiger partial charge in [0.2, 0.25) is 0 Å². The van der Waals surface area contributed by atoms with E-state index in [-0.39, 0.29) is 11.8 Å². The third-order valence-electron chi connectivity index (χ3n) is 7.48. The molecular weight excluding hydrogens is 492 g/mol. The monoisotopic (exact) mass is 530 g/mol. The molecule has 3 aromatic rings. The normalized spacial score (nSPS) is 21.2. The van der Waals surface area contributed by atoms with Crippen molar-refractivity contribution >= 4 is 34.7 Å². The van der Waals surface area contributed by atoms with Crippen molar-refractivity contribution in [1.29, 1.82) is 0 Å². The standard InChI is InChI=1S/C31H38N4O2S/c1-31(2)22-35(15-14-26-8-6-20-38-26)29(23-10-12-25(13-11-23)33(3)4)27(30(31)36)21-24-7-5-9-28(32-24)34-16-18-37-19-17-34/h5-13,20-21,29H,14-19,22H2,1-4H3/b27-21-. The van der Waals surface area contributed by atoms with Gasteiger partial charge in [-0.15, -0.1) is 11.3 Å². The fourth-order valence-corrected chi connectivity index (χ4v) is 6.13. The van der Waals surface area contributed by atoms with Crippen LogP contribution in [0.5, 0.6) is 0 Å². The summed E-state index contributed by atoms with van der Waals surface area (Å²) in [4.78, 5) is 27.2. The lowest BCUT2D eigenvalue weighted by molar-refractivity contribution is -0.128.